The Kier molecular flexibility index (Phi) is 21.8. The van der Waals surface area contributed by atoms with Crippen molar-refractivity contribution in [2.45, 2.75) is 155 Å². The third-order valence-corrected chi connectivity index (χ3v) is 21.9. The number of hydrogen-bond donors (Lipinski definition) is 2. The fraction of sp³-hybridized carbons (Fsp3) is 0.429. The third kappa shape index (κ3) is 15.6. The fourth-order valence-electron chi connectivity index (χ4n) is 16.6. The molecule has 11 amide bonds. The molecule has 15 rings (SSSR count). The number of carbonyl (C=O) groups excluding carboxylic acids is 11. The highest BCUT2D eigenvalue weighted by atomic mass is 16.6. The fourth-order valence-corrected chi connectivity index (χ4v) is 16.6. The summed E-state index contributed by atoms with van der Waals surface area (Å²) < 4.78 is 24.2. The number of fused-ring (bicyclic) bond motifs is 6. The number of hydrogen-bond acceptors (Lipinski definition) is 17. The molecule has 8 heterocycles. The van der Waals surface area contributed by atoms with Gasteiger partial charge in [0.25, 0.3) is 35.4 Å². The number of aromatic hydroxyl groups is 1. The van der Waals surface area contributed by atoms with E-state index in [1.165, 1.54) is 21.6 Å². The number of likely N-dealkylation sites (tertiary alicyclic amines) is 2. The molecule has 1 aliphatic carbocycles. The van der Waals surface area contributed by atoms with Crippen LogP contribution in [0.4, 0.5) is 9.59 Å². The molecule has 2 N–H and O–H groups in total. The lowest BCUT2D eigenvalue weighted by atomic mass is 9.77. The molecule has 6 aromatic rings. The van der Waals surface area contributed by atoms with Crippen molar-refractivity contribution in [3.05, 3.63) is 194 Å². The van der Waals surface area contributed by atoms with Crippen molar-refractivity contribution in [2.75, 3.05) is 65.4 Å². The maximum Gasteiger partial charge on any atom is 0.410 e. The van der Waals surface area contributed by atoms with Crippen LogP contribution in [0.5, 0.6) is 17.2 Å². The van der Waals surface area contributed by atoms with Gasteiger partial charge in [-0.1, -0.05) is 85.6 Å². The van der Waals surface area contributed by atoms with Crippen LogP contribution in [-0.2, 0) is 47.9 Å². The van der Waals surface area contributed by atoms with Crippen LogP contribution in [0.1, 0.15) is 208 Å². The lowest BCUT2D eigenvalue weighted by molar-refractivity contribution is -0.153. The Bertz CT molecular complexity index is 4610. The van der Waals surface area contributed by atoms with E-state index in [0.717, 1.165) is 45.6 Å². The predicted octanol–water partition coefficient (Wildman–Crippen LogP) is 10.6. The maximum absolute atomic E-state index is 14.2. The van der Waals surface area contributed by atoms with Crippen LogP contribution in [-0.4, -0.2) is 210 Å². The van der Waals surface area contributed by atoms with Gasteiger partial charge >= 0.3 is 18.2 Å². The summed E-state index contributed by atoms with van der Waals surface area (Å²) in [6.45, 7) is 16.9. The number of phenolic OH excluding ortho intramolecular Hbond substituents is 1. The Balaban J connectivity index is 0.000000147. The summed E-state index contributed by atoms with van der Waals surface area (Å²) in [4.78, 5) is 167. The number of carbonyl (C=O) groups is 12. The van der Waals surface area contributed by atoms with Gasteiger partial charge in [-0.2, -0.15) is 0 Å². The van der Waals surface area contributed by atoms with Crippen LogP contribution < -0.4 is 9.47 Å². The number of phenols is 1. The van der Waals surface area contributed by atoms with E-state index in [1.54, 1.807) is 153 Å². The number of rotatable bonds is 12. The molecule has 0 unspecified atom stereocenters. The summed E-state index contributed by atoms with van der Waals surface area (Å²) in [6, 6.07) is 34.6. The zero-order chi connectivity index (χ0) is 78.4. The van der Waals surface area contributed by atoms with Crippen LogP contribution in [0.3, 0.4) is 0 Å². The van der Waals surface area contributed by atoms with E-state index < -0.39 is 82.9 Å². The average Bonchev–Trinajstić information content (AvgIpc) is 1.29. The van der Waals surface area contributed by atoms with Crippen molar-refractivity contribution < 1.29 is 86.7 Å². The largest absolute Gasteiger partial charge is 0.508 e. The van der Waals surface area contributed by atoms with Crippen molar-refractivity contribution >= 4 is 71.3 Å². The van der Waals surface area contributed by atoms with Gasteiger partial charge in [-0.15, -0.1) is 0 Å². The van der Waals surface area contributed by atoms with Crippen LogP contribution >= 0.6 is 0 Å². The Labute approximate surface area is 637 Å². The number of carboxylic acid groups (broad SMARTS) is 1. The first-order chi connectivity index (χ1) is 52.4. The van der Waals surface area contributed by atoms with Crippen molar-refractivity contribution in [2.24, 2.45) is 11.8 Å². The number of imide groups is 3. The van der Waals surface area contributed by atoms with Gasteiger partial charge in [0.1, 0.15) is 40.7 Å². The minimum Gasteiger partial charge on any atom is -0.508 e. The van der Waals surface area contributed by atoms with E-state index in [1.807, 2.05) is 42.5 Å². The van der Waals surface area contributed by atoms with Gasteiger partial charge in [-0.3, -0.25) is 72.4 Å². The topological polar surface area (TPSA) is 308 Å². The van der Waals surface area contributed by atoms with Gasteiger partial charge in [0.15, 0.2) is 0 Å². The molecule has 1 saturated carbocycles. The molecule has 110 heavy (non-hydrogen) atoms. The minimum atomic E-state index is -0.970. The highest BCUT2D eigenvalue weighted by Gasteiger charge is 2.49. The standard InChI is InChI=1S/C32H35N3O7.C29H33N3O6.C23H24N2O5/c1-19(36)33-15-14-21(17-33)42-27-12-6-7-20-13-16-34(29(37)24-10-4-5-11-25(24)32(40)41)26(28(20)27)18-35-30(38)22-8-2-3-9-23(22)31(35)39;1-18(33)30-14-13-20(16-30)37-24-11-7-8-19-12-15-31(28(36)38-29(2,3)4)23(25(19)24)17-32-26(34)21-9-5-6-10-22(21)27(32)35;1-23(2,3)30-22(29)24-12-11-14-7-6-10-18(26)19(14)17(24)13-25-20(27)15-8-4-5-9-16(15)21(25)28/h2-3,6-9,12,21,24-26H,4-5,10-11,13-18H2,1H3,(H,40,41);5-11,20,23H,12-17H2,1-4H3;4-10,17,26H,11-13H2,1-3H3/t21-,24+,25-,26+;20-,23+;17-/m001/s1. The molecule has 6 aromatic carbocycles. The van der Waals surface area contributed by atoms with E-state index >= 15 is 0 Å². The molecule has 0 radical (unpaired) electrons. The van der Waals surface area contributed by atoms with Crippen LogP contribution in [0.25, 0.3) is 0 Å². The van der Waals surface area contributed by atoms with Gasteiger partial charge in [0.2, 0.25) is 17.7 Å². The van der Waals surface area contributed by atoms with Crippen molar-refractivity contribution in [1.82, 2.24) is 39.2 Å². The second kappa shape index (κ2) is 31.3. The van der Waals surface area contributed by atoms with E-state index in [0.29, 0.717) is 141 Å². The Hall–Kier alpha value is -11.4. The third-order valence-electron chi connectivity index (χ3n) is 21.9. The Morgan fingerprint density at radius 1 is 0.409 bits per heavy atom. The predicted molar refractivity (Wildman–Crippen MR) is 399 cm³/mol. The summed E-state index contributed by atoms with van der Waals surface area (Å²) in [5.41, 5.74) is 5.53. The maximum atomic E-state index is 14.2. The first-order valence-corrected chi connectivity index (χ1v) is 37.7. The van der Waals surface area contributed by atoms with Crippen LogP contribution in [0.15, 0.2) is 127 Å². The monoisotopic (exact) mass is 1500 g/mol. The SMILES string of the molecule is CC(=O)N1CC[C@H](Oc2cccc3c2[C@@H](CN2C(=O)c4ccccc4C2=O)N(C(=O)OC(C)(C)C)CC3)C1.CC(=O)N1CC[C@H](Oc2cccc3c2[C@@H](CN2C(=O)c4ccccc4C2=O)N(C(=O)[C@@H]2CCCC[C@@H]2C(=O)O)CC3)C1.CC(C)(C)OC(=O)N1CCc2cccc(O)c2[C@H]1CN1C(=O)c2ccccc2C1=O. The van der Waals surface area contributed by atoms with Crippen molar-refractivity contribution in [3.8, 4) is 17.2 Å². The number of nitrogens with zero attached hydrogens (tertiary/aromatic N) is 8. The molecule has 0 bridgehead atoms. The van der Waals surface area contributed by atoms with E-state index in [-0.39, 0.29) is 67.1 Å². The molecule has 26 heteroatoms. The van der Waals surface area contributed by atoms with Crippen LogP contribution in [0, 0.1) is 11.8 Å². The highest BCUT2D eigenvalue weighted by molar-refractivity contribution is 6.23. The molecule has 576 valence electrons. The molecule has 0 spiro atoms. The zero-order valence-corrected chi connectivity index (χ0v) is 63.1. The van der Waals surface area contributed by atoms with Gasteiger partial charge in [0.05, 0.1) is 96.1 Å². The van der Waals surface area contributed by atoms with Gasteiger partial charge in [0, 0.05) is 76.1 Å². The first kappa shape index (κ1) is 76.7. The number of benzene rings is 6. The molecule has 7 atom stereocenters. The number of ether oxygens (including phenoxy) is 4. The summed E-state index contributed by atoms with van der Waals surface area (Å²) in [6.07, 6.45) is 4.00. The summed E-state index contributed by atoms with van der Waals surface area (Å²) in [5, 5.41) is 20.5. The normalized spacial score (nSPS) is 21.9. The average molecular weight is 1500 g/mol. The molecule has 3 fully saturated rings. The molecular formula is C84H92N8O18. The zero-order valence-electron chi connectivity index (χ0n) is 63.1. The summed E-state index contributed by atoms with van der Waals surface area (Å²) in [5.74, 6) is -3.89. The second-order valence-electron chi connectivity index (χ2n) is 31.3. The Morgan fingerprint density at radius 3 is 1.08 bits per heavy atom. The van der Waals surface area contributed by atoms with E-state index in [2.05, 4.69) is 0 Å². The summed E-state index contributed by atoms with van der Waals surface area (Å²) in [7, 11) is 0. The molecule has 26 nitrogen and oxygen atoms in total. The van der Waals surface area contributed by atoms with Gasteiger partial charge in [-0.05, 0) is 145 Å². The van der Waals surface area contributed by atoms with Crippen LogP contribution in [0.2, 0.25) is 0 Å². The molecular weight excluding hydrogens is 1410 g/mol. The minimum absolute atomic E-state index is 0.00536. The van der Waals surface area contributed by atoms with Crippen molar-refractivity contribution in [3.63, 3.8) is 0 Å². The Morgan fingerprint density at radius 2 is 0.736 bits per heavy atom. The number of carboxylic acids is 1. The number of aliphatic carboxylic acids is 1. The molecule has 0 aromatic heterocycles. The molecule has 8 aliphatic heterocycles. The molecule has 9 aliphatic rings. The number of amides is 11. The second-order valence-corrected chi connectivity index (χ2v) is 31.3. The summed E-state index contributed by atoms with van der Waals surface area (Å²) >= 11 is 0. The van der Waals surface area contributed by atoms with Crippen molar-refractivity contribution in [1.29, 1.82) is 0 Å². The van der Waals surface area contributed by atoms with Gasteiger partial charge < -0.3 is 43.9 Å². The molecule has 2 saturated heterocycles. The lowest BCUT2D eigenvalue weighted by Crippen LogP contribution is -2.50. The van der Waals surface area contributed by atoms with E-state index in [4.69, 9.17) is 18.9 Å². The lowest BCUT2D eigenvalue weighted by Gasteiger charge is -2.42. The first-order valence-electron chi connectivity index (χ1n) is 37.7. The van der Waals surface area contributed by atoms with Gasteiger partial charge in [-0.25, -0.2) is 9.59 Å². The smallest absolute Gasteiger partial charge is 0.410 e. The quantitative estimate of drug-likeness (QED) is 0.108. The highest BCUT2D eigenvalue weighted by Crippen LogP contribution is 2.45. The van der Waals surface area contributed by atoms with E-state index in [9.17, 15) is 67.7 Å².